The molecule has 1 N–H and O–H groups in total. The molecule has 0 bridgehead atoms. The molecule has 2 aromatic rings. The zero-order valence-corrected chi connectivity index (χ0v) is 17.7. The summed E-state index contributed by atoms with van der Waals surface area (Å²) < 4.78 is 28.8. The highest BCUT2D eigenvalue weighted by atomic mass is 32.1. The van der Waals surface area contributed by atoms with E-state index in [9.17, 15) is 13.6 Å². The Bertz CT molecular complexity index is 838. The molecule has 29 heavy (non-hydrogen) atoms. The second-order valence-electron chi connectivity index (χ2n) is 8.37. The Balaban J connectivity index is 1.43. The van der Waals surface area contributed by atoms with Gasteiger partial charge >= 0.3 is 0 Å². The molecule has 2 aliphatic rings. The molecule has 1 fully saturated rings. The SMILES string of the molecule is Cc1cc2n(n1)[C@@H](C(F)F)C[C@@H]([C@@H]1CCCN(C(=O)[C@H](C)Cc3cccs3)C1)N2. The lowest BCUT2D eigenvalue weighted by molar-refractivity contribution is -0.137. The van der Waals surface area contributed by atoms with Gasteiger partial charge in [0.25, 0.3) is 6.43 Å². The highest BCUT2D eigenvalue weighted by Gasteiger charge is 2.39. The van der Waals surface area contributed by atoms with Gasteiger partial charge in [0.2, 0.25) is 5.91 Å². The average molecular weight is 423 g/mol. The van der Waals surface area contributed by atoms with Gasteiger partial charge in [-0.25, -0.2) is 13.5 Å². The molecule has 8 heteroatoms. The Morgan fingerprint density at radius 2 is 2.28 bits per heavy atom. The van der Waals surface area contributed by atoms with Crippen molar-refractivity contribution in [2.75, 3.05) is 18.4 Å². The van der Waals surface area contributed by atoms with Crippen LogP contribution in [0.4, 0.5) is 14.6 Å². The molecule has 1 amide bonds. The van der Waals surface area contributed by atoms with E-state index < -0.39 is 12.5 Å². The van der Waals surface area contributed by atoms with E-state index in [0.717, 1.165) is 31.5 Å². The summed E-state index contributed by atoms with van der Waals surface area (Å²) in [6.45, 7) is 5.19. The molecule has 0 saturated carbocycles. The highest BCUT2D eigenvalue weighted by molar-refractivity contribution is 7.09. The molecule has 0 aromatic carbocycles. The van der Waals surface area contributed by atoms with E-state index in [2.05, 4.69) is 16.5 Å². The van der Waals surface area contributed by atoms with E-state index in [1.54, 1.807) is 11.3 Å². The van der Waals surface area contributed by atoms with Gasteiger partial charge < -0.3 is 10.2 Å². The second kappa shape index (κ2) is 8.42. The first kappa shape index (κ1) is 20.3. The smallest absolute Gasteiger partial charge is 0.260 e. The summed E-state index contributed by atoms with van der Waals surface area (Å²) in [6, 6.07) is 4.93. The highest BCUT2D eigenvalue weighted by Crippen LogP contribution is 2.36. The number of hydrogen-bond donors (Lipinski definition) is 1. The second-order valence-corrected chi connectivity index (χ2v) is 9.41. The summed E-state index contributed by atoms with van der Waals surface area (Å²) in [6.07, 6.45) is 0.501. The molecule has 158 valence electrons. The van der Waals surface area contributed by atoms with Gasteiger partial charge in [0.1, 0.15) is 11.9 Å². The van der Waals surface area contributed by atoms with E-state index in [-0.39, 0.29) is 23.8 Å². The van der Waals surface area contributed by atoms with Crippen LogP contribution in [0.3, 0.4) is 0 Å². The number of thiophene rings is 1. The maximum absolute atomic E-state index is 13.7. The van der Waals surface area contributed by atoms with E-state index in [4.69, 9.17) is 0 Å². The van der Waals surface area contributed by atoms with E-state index >= 15 is 0 Å². The van der Waals surface area contributed by atoms with Crippen LogP contribution in [-0.4, -0.2) is 46.1 Å². The Kier molecular flexibility index (Phi) is 5.90. The normalized spacial score (nSPS) is 25.6. The van der Waals surface area contributed by atoms with Gasteiger partial charge in [-0.05, 0) is 50.0 Å². The Labute approximate surface area is 174 Å². The first-order valence-corrected chi connectivity index (χ1v) is 11.2. The van der Waals surface area contributed by atoms with Crippen LogP contribution in [0.5, 0.6) is 0 Å². The van der Waals surface area contributed by atoms with Crippen LogP contribution in [0.1, 0.15) is 42.8 Å². The fourth-order valence-electron chi connectivity index (χ4n) is 4.67. The quantitative estimate of drug-likeness (QED) is 0.779. The van der Waals surface area contributed by atoms with Crippen molar-refractivity contribution in [2.45, 2.75) is 58.0 Å². The maximum atomic E-state index is 13.7. The number of nitrogens with zero attached hydrogens (tertiary/aromatic N) is 3. The molecule has 2 aliphatic heterocycles. The third-order valence-electron chi connectivity index (χ3n) is 6.14. The number of amides is 1. The van der Waals surface area contributed by atoms with Crippen molar-refractivity contribution < 1.29 is 13.6 Å². The van der Waals surface area contributed by atoms with Crippen LogP contribution in [-0.2, 0) is 11.2 Å². The largest absolute Gasteiger partial charge is 0.367 e. The number of anilines is 1. The van der Waals surface area contributed by atoms with Crippen molar-refractivity contribution in [3.05, 3.63) is 34.2 Å². The van der Waals surface area contributed by atoms with Crippen LogP contribution >= 0.6 is 11.3 Å². The third-order valence-corrected chi connectivity index (χ3v) is 7.04. The van der Waals surface area contributed by atoms with Crippen LogP contribution < -0.4 is 5.32 Å². The molecule has 0 radical (unpaired) electrons. The minimum Gasteiger partial charge on any atom is -0.367 e. The van der Waals surface area contributed by atoms with E-state index in [0.29, 0.717) is 18.8 Å². The van der Waals surface area contributed by atoms with Gasteiger partial charge in [0.15, 0.2) is 0 Å². The van der Waals surface area contributed by atoms with Crippen molar-refractivity contribution in [3.8, 4) is 0 Å². The van der Waals surface area contributed by atoms with Crippen molar-refractivity contribution in [2.24, 2.45) is 11.8 Å². The summed E-state index contributed by atoms with van der Waals surface area (Å²) in [5.74, 6) is 0.945. The van der Waals surface area contributed by atoms with Gasteiger partial charge in [-0.3, -0.25) is 4.79 Å². The molecule has 0 unspecified atom stereocenters. The lowest BCUT2D eigenvalue weighted by Gasteiger charge is -2.41. The van der Waals surface area contributed by atoms with Crippen molar-refractivity contribution in [1.82, 2.24) is 14.7 Å². The molecule has 1 saturated heterocycles. The maximum Gasteiger partial charge on any atom is 0.260 e. The number of carbonyl (C=O) groups excluding carboxylic acids is 1. The third kappa shape index (κ3) is 4.32. The van der Waals surface area contributed by atoms with Crippen LogP contribution in [0, 0.1) is 18.8 Å². The Hall–Kier alpha value is -1.96. The first-order valence-electron chi connectivity index (χ1n) is 10.3. The Morgan fingerprint density at radius 1 is 1.45 bits per heavy atom. The standard InChI is InChI=1S/C21H28F2N4OS/c1-13(9-16-6-4-8-29-16)21(28)26-7-3-5-15(12-26)17-11-18(20(22)23)27-19(24-17)10-14(2)25-27/h4,6,8,10,13,15,17-18,20,24H,3,5,7,9,11-12H2,1-2H3/t13-,15-,17+,18-/m1/s1. The molecule has 0 spiro atoms. The molecule has 2 aromatic heterocycles. The van der Waals surface area contributed by atoms with Crippen LogP contribution in [0.25, 0.3) is 0 Å². The number of halogens is 2. The predicted octanol–water partition coefficient (Wildman–Crippen LogP) is 4.36. The molecule has 4 heterocycles. The van der Waals surface area contributed by atoms with Crippen LogP contribution in [0.2, 0.25) is 0 Å². The number of alkyl halides is 2. The Morgan fingerprint density at radius 3 is 3.00 bits per heavy atom. The molecule has 0 aliphatic carbocycles. The van der Waals surface area contributed by atoms with Crippen LogP contribution in [0.15, 0.2) is 23.6 Å². The van der Waals surface area contributed by atoms with Crippen molar-refractivity contribution in [3.63, 3.8) is 0 Å². The molecular formula is C21H28F2N4OS. The number of fused-ring (bicyclic) bond motifs is 1. The number of nitrogens with one attached hydrogen (secondary N) is 1. The summed E-state index contributed by atoms with van der Waals surface area (Å²) >= 11 is 1.68. The number of hydrogen-bond acceptors (Lipinski definition) is 4. The average Bonchev–Trinajstić information content (AvgIpc) is 3.34. The fraction of sp³-hybridized carbons (Fsp3) is 0.619. The minimum atomic E-state index is -2.45. The first-order chi connectivity index (χ1) is 13.9. The molecule has 5 nitrogen and oxygen atoms in total. The number of aromatic nitrogens is 2. The van der Waals surface area contributed by atoms with Crippen molar-refractivity contribution in [1.29, 1.82) is 0 Å². The molecule has 4 rings (SSSR count). The lowest BCUT2D eigenvalue weighted by Crippen LogP contribution is -2.49. The number of likely N-dealkylation sites (tertiary alicyclic amines) is 1. The topological polar surface area (TPSA) is 50.2 Å². The number of carbonyl (C=O) groups is 1. The summed E-state index contributed by atoms with van der Waals surface area (Å²) in [5, 5.41) is 9.71. The van der Waals surface area contributed by atoms with Crippen molar-refractivity contribution >= 4 is 23.1 Å². The van der Waals surface area contributed by atoms with Gasteiger partial charge in [-0.1, -0.05) is 13.0 Å². The zero-order valence-electron chi connectivity index (χ0n) is 16.9. The predicted molar refractivity (Wildman–Crippen MR) is 111 cm³/mol. The lowest BCUT2D eigenvalue weighted by atomic mass is 9.85. The van der Waals surface area contributed by atoms with Gasteiger partial charge in [-0.2, -0.15) is 5.10 Å². The van der Waals surface area contributed by atoms with E-state index in [1.807, 2.05) is 36.3 Å². The number of aryl methyl sites for hydroxylation is 1. The van der Waals surface area contributed by atoms with Gasteiger partial charge in [0, 0.05) is 36.0 Å². The fourth-order valence-corrected chi connectivity index (χ4v) is 5.51. The summed E-state index contributed by atoms with van der Waals surface area (Å²) in [4.78, 5) is 16.2. The number of rotatable bonds is 5. The molecular weight excluding hydrogens is 394 g/mol. The number of piperidine rings is 1. The zero-order chi connectivity index (χ0) is 20.5. The van der Waals surface area contributed by atoms with E-state index in [1.165, 1.54) is 9.56 Å². The van der Waals surface area contributed by atoms with Gasteiger partial charge in [0.05, 0.1) is 5.69 Å². The minimum absolute atomic E-state index is 0.0652. The van der Waals surface area contributed by atoms with Gasteiger partial charge in [-0.15, -0.1) is 11.3 Å². The molecule has 4 atom stereocenters. The summed E-state index contributed by atoms with van der Waals surface area (Å²) in [7, 11) is 0. The summed E-state index contributed by atoms with van der Waals surface area (Å²) in [5.41, 5.74) is 0.738. The monoisotopic (exact) mass is 422 g/mol.